The van der Waals surface area contributed by atoms with Crippen molar-refractivity contribution in [2.45, 2.75) is 38.8 Å². The second-order valence-corrected chi connectivity index (χ2v) is 8.21. The van der Waals surface area contributed by atoms with Gasteiger partial charge in [-0.15, -0.1) is 11.5 Å². The van der Waals surface area contributed by atoms with E-state index in [-0.39, 0.29) is 104 Å². The van der Waals surface area contributed by atoms with Crippen molar-refractivity contribution in [3.63, 3.8) is 0 Å². The first-order chi connectivity index (χ1) is 14.8. The van der Waals surface area contributed by atoms with Gasteiger partial charge in [0.05, 0.1) is 13.1 Å². The predicted octanol–water partition coefficient (Wildman–Crippen LogP) is -4.18. The Morgan fingerprint density at radius 3 is 1.24 bits per heavy atom. The summed E-state index contributed by atoms with van der Waals surface area (Å²) >= 11 is 0. The molecular formula is C23H32CoKN4O5. The van der Waals surface area contributed by atoms with Crippen LogP contribution in [-0.4, -0.2) is 48.2 Å². The third-order valence-electron chi connectivity index (χ3n) is 3.50. The number of rotatable bonds is 6. The summed E-state index contributed by atoms with van der Waals surface area (Å²) in [4.78, 5) is 7.53. The molecule has 0 saturated carbocycles. The zero-order valence-corrected chi connectivity index (χ0v) is 24.7. The number of hydrogen-bond acceptors (Lipinski definition) is 9. The molecule has 0 atom stereocenters. The summed E-state index contributed by atoms with van der Waals surface area (Å²) in [6.45, 7) is 7.50. The van der Waals surface area contributed by atoms with Crippen molar-refractivity contribution < 1.29 is 93.7 Å². The van der Waals surface area contributed by atoms with E-state index in [1.54, 1.807) is 52.0 Å². The molecule has 2 rings (SSSR count). The van der Waals surface area contributed by atoms with E-state index in [1.807, 2.05) is 0 Å². The van der Waals surface area contributed by atoms with Crippen LogP contribution >= 0.6 is 0 Å². The molecule has 0 radical (unpaired) electrons. The zero-order chi connectivity index (χ0) is 24.9. The Morgan fingerprint density at radius 2 is 1.00 bits per heavy atom. The minimum absolute atomic E-state index is 0. The Morgan fingerprint density at radius 1 is 0.735 bits per heavy atom. The van der Waals surface area contributed by atoms with Crippen LogP contribution in [0.5, 0.6) is 11.5 Å². The number of benzene rings is 2. The molecule has 2 aromatic rings. The number of aliphatic hydroxyl groups is 1. The molecule has 0 amide bonds. The third kappa shape index (κ3) is 16.6. The Hall–Kier alpha value is -0.997. The van der Waals surface area contributed by atoms with Gasteiger partial charge >= 0.3 is 68.2 Å². The van der Waals surface area contributed by atoms with Crippen LogP contribution in [-0.2, 0) is 16.8 Å². The van der Waals surface area contributed by atoms with Gasteiger partial charge in [-0.3, -0.25) is 9.98 Å². The molecule has 0 aromatic heterocycles. The standard InChI is InChI=1S/2C11H16N2O2.CH4O.Co.K/c2*1-11(2,12)7-13-10(15)8-5-3-4-6-9(8)14;1-2;;/h2*3-6,14H,7,12H2,1-2H3,(H,13,15);2H,1H3;;/q;;;+3;+1/p-4. The number of aliphatic hydroxyl groups excluding tert-OH is 1. The van der Waals surface area contributed by atoms with Crippen LogP contribution in [0.2, 0.25) is 0 Å². The topological polar surface area (TPSA) is 189 Å². The van der Waals surface area contributed by atoms with Gasteiger partial charge in [-0.1, -0.05) is 48.5 Å². The fourth-order valence-corrected chi connectivity index (χ4v) is 2.01. The summed E-state index contributed by atoms with van der Waals surface area (Å²) in [7, 11) is 1.00. The van der Waals surface area contributed by atoms with E-state index in [4.69, 9.17) is 16.6 Å². The largest absolute Gasteiger partial charge is 3.00 e. The van der Waals surface area contributed by atoms with Gasteiger partial charge in [0.2, 0.25) is 0 Å². The molecule has 0 fully saturated rings. The molecule has 0 unspecified atom stereocenters. The van der Waals surface area contributed by atoms with Crippen LogP contribution in [0, 0.1) is 0 Å². The molecule has 5 N–H and O–H groups in total. The number of nitrogens with zero attached hydrogens (tertiary/aromatic N) is 2. The molecule has 0 saturated heterocycles. The fourth-order valence-electron chi connectivity index (χ4n) is 2.01. The average Bonchev–Trinajstić information content (AvgIpc) is 2.72. The Kier molecular flexibility index (Phi) is 20.2. The van der Waals surface area contributed by atoms with E-state index in [0.29, 0.717) is 0 Å². The maximum atomic E-state index is 11.5. The van der Waals surface area contributed by atoms with E-state index in [2.05, 4.69) is 9.98 Å². The van der Waals surface area contributed by atoms with Crippen molar-refractivity contribution in [1.82, 2.24) is 0 Å². The molecule has 11 heteroatoms. The Bertz CT molecular complexity index is 824. The van der Waals surface area contributed by atoms with E-state index >= 15 is 0 Å². The zero-order valence-electron chi connectivity index (χ0n) is 20.5. The molecule has 0 aliphatic rings. The Labute approximate surface area is 254 Å². The van der Waals surface area contributed by atoms with Crippen molar-refractivity contribution in [1.29, 1.82) is 0 Å². The van der Waals surface area contributed by atoms with E-state index in [0.717, 1.165) is 7.11 Å². The Balaban J connectivity index is -0.000000499. The quantitative estimate of drug-likeness (QED) is 0.187. The van der Waals surface area contributed by atoms with Gasteiger partial charge in [0, 0.05) is 18.2 Å². The van der Waals surface area contributed by atoms with Crippen LogP contribution in [0.3, 0.4) is 0 Å². The first kappa shape index (κ1) is 37.5. The molecule has 0 heterocycles. The molecule has 2 aromatic carbocycles. The van der Waals surface area contributed by atoms with Gasteiger partial charge in [0.25, 0.3) is 0 Å². The van der Waals surface area contributed by atoms with E-state index < -0.39 is 22.9 Å². The van der Waals surface area contributed by atoms with Crippen molar-refractivity contribution in [2.75, 3.05) is 20.2 Å². The van der Waals surface area contributed by atoms with Crippen LogP contribution in [0.4, 0.5) is 0 Å². The fraction of sp³-hybridized carbons (Fsp3) is 0.391. The normalized spacial score (nSPS) is 11.5. The summed E-state index contributed by atoms with van der Waals surface area (Å²) in [5.74, 6) is -1.61. The number of nitrogens with two attached hydrogens (primary N) is 2. The monoisotopic (exact) mass is 542 g/mol. The molecular weight excluding hydrogens is 510 g/mol. The van der Waals surface area contributed by atoms with Crippen molar-refractivity contribution in [2.24, 2.45) is 21.5 Å². The van der Waals surface area contributed by atoms with Crippen LogP contribution < -0.4 is 83.3 Å². The molecule has 184 valence electrons. The van der Waals surface area contributed by atoms with Crippen molar-refractivity contribution in [3.8, 4) is 11.5 Å². The first-order valence-corrected chi connectivity index (χ1v) is 9.78. The minimum atomic E-state index is -0.534. The van der Waals surface area contributed by atoms with Crippen molar-refractivity contribution in [3.05, 3.63) is 59.7 Å². The summed E-state index contributed by atoms with van der Waals surface area (Å²) in [5.41, 5.74) is 10.5. The SMILES string of the molecule is CC(C)(N)CN=C([O-])c1ccccc1[O-].CC(C)(N)CN=C([O-])c1ccccc1[O-].CO.[Co+3].[K+]. The van der Waals surface area contributed by atoms with Crippen LogP contribution in [0.15, 0.2) is 58.5 Å². The van der Waals surface area contributed by atoms with Crippen molar-refractivity contribution >= 4 is 11.8 Å². The maximum absolute atomic E-state index is 11.5. The molecule has 0 aliphatic heterocycles. The van der Waals surface area contributed by atoms with Crippen LogP contribution in [0.1, 0.15) is 38.8 Å². The number of hydrogen-bond donors (Lipinski definition) is 3. The predicted molar refractivity (Wildman–Crippen MR) is 119 cm³/mol. The molecule has 9 nitrogen and oxygen atoms in total. The molecule has 34 heavy (non-hydrogen) atoms. The molecule has 0 aliphatic carbocycles. The summed E-state index contributed by atoms with van der Waals surface area (Å²) in [5, 5.41) is 52.5. The van der Waals surface area contributed by atoms with Gasteiger partial charge in [-0.25, -0.2) is 0 Å². The summed E-state index contributed by atoms with van der Waals surface area (Å²) in [6.07, 6.45) is 0. The second kappa shape index (κ2) is 18.3. The molecule has 0 spiro atoms. The van der Waals surface area contributed by atoms with Gasteiger partial charge in [-0.2, -0.15) is 0 Å². The molecule has 0 bridgehead atoms. The van der Waals surface area contributed by atoms with E-state index in [1.165, 1.54) is 24.3 Å². The minimum Gasteiger partial charge on any atom is -0.872 e. The van der Waals surface area contributed by atoms with Gasteiger partial charge in [0.15, 0.2) is 0 Å². The van der Waals surface area contributed by atoms with Crippen LogP contribution in [0.25, 0.3) is 0 Å². The van der Waals surface area contributed by atoms with Gasteiger partial charge in [0.1, 0.15) is 0 Å². The average molecular weight is 543 g/mol. The first-order valence-electron chi connectivity index (χ1n) is 9.78. The summed E-state index contributed by atoms with van der Waals surface area (Å²) in [6, 6.07) is 12.1. The third-order valence-corrected chi connectivity index (χ3v) is 3.50. The van der Waals surface area contributed by atoms with Gasteiger partial charge in [-0.05, 0) is 50.6 Å². The number of para-hydroxylation sites is 2. The maximum Gasteiger partial charge on any atom is 3.00 e. The van der Waals surface area contributed by atoms with Gasteiger partial charge < -0.3 is 37.0 Å². The van der Waals surface area contributed by atoms with E-state index in [9.17, 15) is 20.4 Å². The smallest absolute Gasteiger partial charge is 0.872 e. The second-order valence-electron chi connectivity index (χ2n) is 8.21. The number of aliphatic imine (C=N–C) groups is 2. The summed E-state index contributed by atoms with van der Waals surface area (Å²) < 4.78 is 0.